The maximum absolute atomic E-state index is 13.7. The first kappa shape index (κ1) is 13.8. The maximum Gasteiger partial charge on any atom is 0.435 e. The molecule has 20 heavy (non-hydrogen) atoms. The largest absolute Gasteiger partial charge is 0.477 e. The summed E-state index contributed by atoms with van der Waals surface area (Å²) in [5, 5.41) is 12.0. The lowest BCUT2D eigenvalue weighted by Crippen LogP contribution is -2.11. The van der Waals surface area contributed by atoms with Gasteiger partial charge >= 0.3 is 12.1 Å². The predicted molar refractivity (Wildman–Crippen MR) is 59.9 cm³/mol. The van der Waals surface area contributed by atoms with Gasteiger partial charge in [-0.1, -0.05) is 0 Å². The van der Waals surface area contributed by atoms with E-state index in [9.17, 15) is 22.4 Å². The summed E-state index contributed by atoms with van der Waals surface area (Å²) in [6, 6.07) is 3.46. The van der Waals surface area contributed by atoms with Crippen LogP contribution in [0.1, 0.15) is 16.2 Å². The standard InChI is InChI=1S/C11H7F4N3O2/c12-6-3-5(16)1-2-7(6)18-8(10(19)20)4-9(17-18)11(13,14)15/h1-4H,16H2,(H,19,20). The Morgan fingerprint density at radius 1 is 1.30 bits per heavy atom. The van der Waals surface area contributed by atoms with Crippen LogP contribution in [0.15, 0.2) is 24.3 Å². The quantitative estimate of drug-likeness (QED) is 0.656. The van der Waals surface area contributed by atoms with Gasteiger partial charge in [-0.15, -0.1) is 0 Å². The van der Waals surface area contributed by atoms with Crippen LogP contribution in [0.5, 0.6) is 0 Å². The first-order valence-corrected chi connectivity index (χ1v) is 5.16. The van der Waals surface area contributed by atoms with E-state index >= 15 is 0 Å². The van der Waals surface area contributed by atoms with Gasteiger partial charge in [0.2, 0.25) is 0 Å². The Labute approximate surface area is 109 Å². The number of carboxylic acid groups (broad SMARTS) is 1. The number of aromatic carboxylic acids is 1. The second kappa shape index (κ2) is 4.51. The van der Waals surface area contributed by atoms with Gasteiger partial charge in [-0.3, -0.25) is 0 Å². The van der Waals surface area contributed by atoms with Crippen LogP contribution in [0, 0.1) is 5.82 Å². The minimum atomic E-state index is -4.83. The summed E-state index contributed by atoms with van der Waals surface area (Å²) in [6.07, 6.45) is -4.83. The van der Waals surface area contributed by atoms with E-state index in [-0.39, 0.29) is 5.69 Å². The number of nitrogens with two attached hydrogens (primary N) is 1. The number of hydrogen-bond donors (Lipinski definition) is 2. The highest BCUT2D eigenvalue weighted by Crippen LogP contribution is 2.30. The Hall–Kier alpha value is -2.58. The number of anilines is 1. The van der Waals surface area contributed by atoms with Gasteiger partial charge in [-0.05, 0) is 18.2 Å². The lowest BCUT2D eigenvalue weighted by atomic mass is 10.2. The Bertz CT molecular complexity index is 679. The highest BCUT2D eigenvalue weighted by atomic mass is 19.4. The molecule has 106 valence electrons. The predicted octanol–water partition coefficient (Wildman–Crippen LogP) is 2.31. The van der Waals surface area contributed by atoms with Crippen molar-refractivity contribution in [3.8, 4) is 5.69 Å². The second-order valence-corrected chi connectivity index (χ2v) is 3.84. The Morgan fingerprint density at radius 3 is 2.45 bits per heavy atom. The molecule has 2 aromatic rings. The average molecular weight is 289 g/mol. The van der Waals surface area contributed by atoms with Crippen LogP contribution in [0.4, 0.5) is 23.2 Å². The monoisotopic (exact) mass is 289 g/mol. The number of alkyl halides is 3. The highest BCUT2D eigenvalue weighted by Gasteiger charge is 2.36. The Balaban J connectivity index is 2.66. The van der Waals surface area contributed by atoms with Gasteiger partial charge in [0.25, 0.3) is 0 Å². The molecule has 9 heteroatoms. The topological polar surface area (TPSA) is 81.1 Å². The summed E-state index contributed by atoms with van der Waals surface area (Å²) in [4.78, 5) is 10.9. The van der Waals surface area contributed by atoms with Crippen molar-refractivity contribution in [2.75, 3.05) is 5.73 Å². The third kappa shape index (κ3) is 2.42. The van der Waals surface area contributed by atoms with Crippen LogP contribution >= 0.6 is 0 Å². The lowest BCUT2D eigenvalue weighted by Gasteiger charge is -2.06. The van der Waals surface area contributed by atoms with E-state index in [1.807, 2.05) is 0 Å². The van der Waals surface area contributed by atoms with Crippen LogP contribution in [0.3, 0.4) is 0 Å². The number of nitrogens with zero attached hydrogens (tertiary/aromatic N) is 2. The number of rotatable bonds is 2. The highest BCUT2D eigenvalue weighted by molar-refractivity contribution is 5.86. The van der Waals surface area contributed by atoms with E-state index < -0.39 is 35.0 Å². The Kier molecular flexibility index (Phi) is 3.12. The molecule has 5 nitrogen and oxygen atoms in total. The van der Waals surface area contributed by atoms with Crippen LogP contribution < -0.4 is 5.73 Å². The van der Waals surface area contributed by atoms with Gasteiger partial charge in [0.1, 0.15) is 5.69 Å². The molecule has 0 unspecified atom stereocenters. The van der Waals surface area contributed by atoms with E-state index in [1.54, 1.807) is 0 Å². The summed E-state index contributed by atoms with van der Waals surface area (Å²) in [5.74, 6) is -2.64. The zero-order chi connectivity index (χ0) is 15.1. The van der Waals surface area contributed by atoms with Crippen LogP contribution in [-0.4, -0.2) is 20.9 Å². The molecule has 0 aliphatic heterocycles. The molecular formula is C11H7F4N3O2. The fourth-order valence-electron chi connectivity index (χ4n) is 1.55. The number of hydrogen-bond acceptors (Lipinski definition) is 3. The van der Waals surface area contributed by atoms with Gasteiger partial charge in [-0.2, -0.15) is 18.3 Å². The normalized spacial score (nSPS) is 11.6. The number of halogens is 4. The first-order chi connectivity index (χ1) is 9.20. The fraction of sp³-hybridized carbons (Fsp3) is 0.0909. The molecule has 1 heterocycles. The van der Waals surface area contributed by atoms with Crippen molar-refractivity contribution >= 4 is 11.7 Å². The van der Waals surface area contributed by atoms with Crippen molar-refractivity contribution in [2.45, 2.75) is 6.18 Å². The third-order valence-electron chi connectivity index (χ3n) is 2.42. The van der Waals surface area contributed by atoms with Crippen molar-refractivity contribution in [1.29, 1.82) is 0 Å². The van der Waals surface area contributed by atoms with Gasteiger partial charge < -0.3 is 10.8 Å². The van der Waals surface area contributed by atoms with Crippen LogP contribution in [0.25, 0.3) is 5.69 Å². The van der Waals surface area contributed by atoms with E-state index in [2.05, 4.69) is 5.10 Å². The van der Waals surface area contributed by atoms with Crippen LogP contribution in [0.2, 0.25) is 0 Å². The van der Waals surface area contributed by atoms with E-state index in [4.69, 9.17) is 10.8 Å². The summed E-state index contributed by atoms with van der Waals surface area (Å²) >= 11 is 0. The smallest absolute Gasteiger partial charge is 0.435 e. The van der Waals surface area contributed by atoms with Gasteiger partial charge in [0, 0.05) is 11.8 Å². The first-order valence-electron chi connectivity index (χ1n) is 5.16. The third-order valence-corrected chi connectivity index (χ3v) is 2.42. The number of nitrogen functional groups attached to an aromatic ring is 1. The van der Waals surface area contributed by atoms with Crippen molar-refractivity contribution in [1.82, 2.24) is 9.78 Å². The number of benzene rings is 1. The number of carbonyl (C=O) groups is 1. The zero-order valence-corrected chi connectivity index (χ0v) is 9.65. The number of carboxylic acids is 1. The molecule has 0 radical (unpaired) electrons. The number of aromatic nitrogens is 2. The summed E-state index contributed by atoms with van der Waals surface area (Å²) < 4.78 is 51.7. The molecule has 0 bridgehead atoms. The lowest BCUT2D eigenvalue weighted by molar-refractivity contribution is -0.141. The van der Waals surface area contributed by atoms with Crippen molar-refractivity contribution in [3.63, 3.8) is 0 Å². The fourth-order valence-corrected chi connectivity index (χ4v) is 1.55. The molecule has 0 amide bonds. The van der Waals surface area contributed by atoms with E-state index in [1.165, 1.54) is 6.07 Å². The van der Waals surface area contributed by atoms with Gasteiger partial charge in [-0.25, -0.2) is 13.9 Å². The molecular weight excluding hydrogens is 282 g/mol. The van der Waals surface area contributed by atoms with E-state index in [0.717, 1.165) is 12.1 Å². The molecule has 0 aliphatic carbocycles. The van der Waals surface area contributed by atoms with Crippen molar-refractivity contribution in [2.24, 2.45) is 0 Å². The molecule has 2 rings (SSSR count). The van der Waals surface area contributed by atoms with Crippen LogP contribution in [-0.2, 0) is 6.18 Å². The summed E-state index contributed by atoms with van der Waals surface area (Å²) in [6.45, 7) is 0. The molecule has 3 N–H and O–H groups in total. The second-order valence-electron chi connectivity index (χ2n) is 3.84. The SMILES string of the molecule is Nc1ccc(-n2nc(C(F)(F)F)cc2C(=O)O)c(F)c1. The summed E-state index contributed by atoms with van der Waals surface area (Å²) in [7, 11) is 0. The zero-order valence-electron chi connectivity index (χ0n) is 9.65. The molecule has 0 spiro atoms. The minimum absolute atomic E-state index is 0.0475. The van der Waals surface area contributed by atoms with Gasteiger partial charge in [0.05, 0.1) is 0 Å². The molecule has 0 fully saturated rings. The summed E-state index contributed by atoms with van der Waals surface area (Å²) in [5.41, 5.74) is 2.69. The average Bonchev–Trinajstić information content (AvgIpc) is 2.73. The molecule has 0 aliphatic rings. The molecule has 1 aromatic carbocycles. The maximum atomic E-state index is 13.7. The Morgan fingerprint density at radius 2 is 1.95 bits per heavy atom. The van der Waals surface area contributed by atoms with Crippen molar-refractivity contribution < 1.29 is 27.5 Å². The van der Waals surface area contributed by atoms with Gasteiger partial charge in [0.15, 0.2) is 17.2 Å². The molecule has 0 saturated carbocycles. The molecule has 0 saturated heterocycles. The van der Waals surface area contributed by atoms with Crippen molar-refractivity contribution in [3.05, 3.63) is 41.5 Å². The molecule has 1 aromatic heterocycles. The minimum Gasteiger partial charge on any atom is -0.477 e. The van der Waals surface area contributed by atoms with E-state index in [0.29, 0.717) is 10.7 Å². The molecule has 0 atom stereocenters.